The smallest absolute Gasteiger partial charge is 0.341 e. The highest BCUT2D eigenvalue weighted by Crippen LogP contribution is 2.49. The van der Waals surface area contributed by atoms with Crippen LogP contribution in [0.1, 0.15) is 23.7 Å². The van der Waals surface area contributed by atoms with Crippen LogP contribution in [0.5, 0.6) is 0 Å². The zero-order valence-corrected chi connectivity index (χ0v) is 16.9. The summed E-state index contributed by atoms with van der Waals surface area (Å²) in [5, 5.41) is 14.4. The van der Waals surface area contributed by atoms with Gasteiger partial charge in [0.05, 0.1) is 18.4 Å². The first-order chi connectivity index (χ1) is 14.4. The normalized spacial score (nSPS) is 24.1. The lowest BCUT2D eigenvalue weighted by Crippen LogP contribution is -2.36. The third-order valence-corrected chi connectivity index (χ3v) is 6.61. The Kier molecular flexibility index (Phi) is 5.42. The maximum atomic E-state index is 13.3. The molecule has 1 aromatic carbocycles. The maximum absolute atomic E-state index is 13.3. The first-order valence-corrected chi connectivity index (χ1v) is 10.5. The van der Waals surface area contributed by atoms with Gasteiger partial charge in [-0.3, -0.25) is 9.59 Å². The number of hydrogen-bond donors (Lipinski definition) is 2. The number of halogens is 1. The Morgan fingerprint density at radius 3 is 2.47 bits per heavy atom. The number of ether oxygens (including phenoxy) is 1. The Bertz CT molecular complexity index is 1030. The Balaban J connectivity index is 1.66. The average Bonchev–Trinajstić information content (AvgIpc) is 3.42. The van der Waals surface area contributed by atoms with Crippen molar-refractivity contribution in [3.05, 3.63) is 53.2 Å². The predicted molar refractivity (Wildman–Crippen MR) is 110 cm³/mol. The van der Waals surface area contributed by atoms with E-state index in [9.17, 15) is 23.9 Å². The number of fused-ring (bicyclic) bond motifs is 2. The number of carboxylic acids is 1. The van der Waals surface area contributed by atoms with Crippen LogP contribution < -0.4 is 5.32 Å². The molecular weight excluding hydrogens is 409 g/mol. The van der Waals surface area contributed by atoms with E-state index in [1.165, 1.54) is 12.1 Å². The van der Waals surface area contributed by atoms with Gasteiger partial charge >= 0.3 is 11.9 Å². The zero-order valence-electron chi connectivity index (χ0n) is 16.1. The number of allylic oxidation sites excluding steroid dienone is 2. The summed E-state index contributed by atoms with van der Waals surface area (Å²) >= 11 is 1.15. The second-order valence-electron chi connectivity index (χ2n) is 7.41. The predicted octanol–water partition coefficient (Wildman–Crippen LogP) is 4.19. The third kappa shape index (κ3) is 3.52. The molecule has 0 unspecified atom stereocenters. The van der Waals surface area contributed by atoms with Gasteiger partial charge in [-0.1, -0.05) is 24.3 Å². The number of carbonyl (C=O) groups is 3. The average molecular weight is 429 g/mol. The number of anilines is 1. The van der Waals surface area contributed by atoms with Gasteiger partial charge < -0.3 is 15.2 Å². The number of benzene rings is 1. The van der Waals surface area contributed by atoms with Crippen molar-refractivity contribution in [1.82, 2.24) is 0 Å². The van der Waals surface area contributed by atoms with Crippen LogP contribution in [0.4, 0.5) is 9.39 Å². The van der Waals surface area contributed by atoms with E-state index in [-0.39, 0.29) is 24.0 Å². The Hall–Kier alpha value is -3.00. The lowest BCUT2D eigenvalue weighted by Gasteiger charge is -2.23. The van der Waals surface area contributed by atoms with E-state index in [4.69, 9.17) is 4.74 Å². The van der Waals surface area contributed by atoms with Gasteiger partial charge in [-0.05, 0) is 42.9 Å². The first-order valence-electron chi connectivity index (χ1n) is 9.67. The minimum absolute atomic E-state index is 0.126. The number of hydrogen-bond acceptors (Lipinski definition) is 5. The van der Waals surface area contributed by atoms with Gasteiger partial charge in [0.1, 0.15) is 16.4 Å². The van der Waals surface area contributed by atoms with Gasteiger partial charge in [-0.2, -0.15) is 0 Å². The molecule has 2 aliphatic carbocycles. The summed E-state index contributed by atoms with van der Waals surface area (Å²) in [6, 6.07) is 5.68. The SMILES string of the molecule is CCOC(=O)c1c(-c2ccc(F)cc2)csc1NC(=O)[C@@H]1[C@H](C(=O)O)[C@H]2C=C[C@H]1C2. The highest BCUT2D eigenvalue weighted by molar-refractivity contribution is 7.15. The quantitative estimate of drug-likeness (QED) is 0.531. The van der Waals surface area contributed by atoms with E-state index in [1.54, 1.807) is 24.4 Å². The van der Waals surface area contributed by atoms with Crippen molar-refractivity contribution in [2.24, 2.45) is 23.7 Å². The fourth-order valence-electron chi connectivity index (χ4n) is 4.41. The monoisotopic (exact) mass is 429 g/mol. The lowest BCUT2D eigenvalue weighted by molar-refractivity contribution is -0.146. The lowest BCUT2D eigenvalue weighted by atomic mass is 9.82. The minimum atomic E-state index is -0.990. The summed E-state index contributed by atoms with van der Waals surface area (Å²) in [6.45, 7) is 1.84. The number of aliphatic carboxylic acids is 1. The van der Waals surface area contributed by atoms with Crippen LogP contribution >= 0.6 is 11.3 Å². The van der Waals surface area contributed by atoms with E-state index in [0.717, 1.165) is 11.3 Å². The second kappa shape index (κ2) is 8.02. The molecule has 6 nitrogen and oxygen atoms in total. The molecule has 0 radical (unpaired) electrons. The van der Waals surface area contributed by atoms with Crippen molar-refractivity contribution < 1.29 is 28.6 Å². The Morgan fingerprint density at radius 2 is 1.83 bits per heavy atom. The molecule has 0 aliphatic heterocycles. The Morgan fingerprint density at radius 1 is 1.17 bits per heavy atom. The fourth-order valence-corrected chi connectivity index (χ4v) is 5.37. The van der Waals surface area contributed by atoms with Gasteiger partial charge in [0.25, 0.3) is 0 Å². The summed E-state index contributed by atoms with van der Waals surface area (Å²) in [4.78, 5) is 37.4. The molecule has 1 saturated carbocycles. The summed E-state index contributed by atoms with van der Waals surface area (Å²) in [5.41, 5.74) is 1.33. The van der Waals surface area contributed by atoms with Gasteiger partial charge in [-0.25, -0.2) is 9.18 Å². The standard InChI is InChI=1S/C22H20FNO5S/c1-2-29-22(28)18-15(11-5-7-14(23)8-6-11)10-30-20(18)24-19(25)16-12-3-4-13(9-12)17(16)21(26)27/h3-8,10,12-13,16-17H,2,9H2,1H3,(H,24,25)(H,26,27)/t12-,13-,16-,17+/m0/s1. The van der Waals surface area contributed by atoms with Gasteiger partial charge in [-0.15, -0.1) is 11.3 Å². The molecule has 0 spiro atoms. The topological polar surface area (TPSA) is 92.7 Å². The third-order valence-electron chi connectivity index (χ3n) is 5.71. The van der Waals surface area contributed by atoms with Crippen molar-refractivity contribution in [2.45, 2.75) is 13.3 Å². The molecule has 0 saturated heterocycles. The second-order valence-corrected chi connectivity index (χ2v) is 8.29. The number of carboxylic acid groups (broad SMARTS) is 1. The van der Waals surface area contributed by atoms with Crippen molar-refractivity contribution in [1.29, 1.82) is 0 Å². The molecule has 2 aromatic rings. The number of esters is 1. The van der Waals surface area contributed by atoms with Crippen molar-refractivity contribution in [3.63, 3.8) is 0 Å². The van der Waals surface area contributed by atoms with Crippen LogP contribution in [0.2, 0.25) is 0 Å². The molecule has 1 aromatic heterocycles. The number of carbonyl (C=O) groups excluding carboxylic acids is 2. The zero-order chi connectivity index (χ0) is 21.4. The van der Waals surface area contributed by atoms with Crippen LogP contribution in [0.3, 0.4) is 0 Å². The van der Waals surface area contributed by atoms with E-state index < -0.39 is 35.5 Å². The maximum Gasteiger partial charge on any atom is 0.341 e. The summed E-state index contributed by atoms with van der Waals surface area (Å²) in [6.07, 6.45) is 4.42. The van der Waals surface area contributed by atoms with Crippen LogP contribution in [0, 0.1) is 29.5 Å². The molecule has 1 heterocycles. The molecule has 4 rings (SSSR count). The molecular formula is C22H20FNO5S. The summed E-state index contributed by atoms with van der Waals surface area (Å²) < 4.78 is 18.5. The highest BCUT2D eigenvalue weighted by atomic mass is 32.1. The Labute approximate surface area is 176 Å². The van der Waals surface area contributed by atoms with E-state index in [2.05, 4.69) is 5.32 Å². The van der Waals surface area contributed by atoms with Crippen LogP contribution in [0.15, 0.2) is 41.8 Å². The van der Waals surface area contributed by atoms with E-state index >= 15 is 0 Å². The fraction of sp³-hybridized carbons (Fsp3) is 0.318. The highest BCUT2D eigenvalue weighted by Gasteiger charge is 2.51. The molecule has 4 atom stereocenters. The van der Waals surface area contributed by atoms with Crippen LogP contribution in [-0.2, 0) is 14.3 Å². The molecule has 1 amide bonds. The summed E-state index contributed by atoms with van der Waals surface area (Å²) in [7, 11) is 0. The molecule has 30 heavy (non-hydrogen) atoms. The van der Waals surface area contributed by atoms with Gasteiger partial charge in [0, 0.05) is 10.9 Å². The molecule has 2 N–H and O–H groups in total. The largest absolute Gasteiger partial charge is 0.481 e. The minimum Gasteiger partial charge on any atom is -0.481 e. The number of amides is 1. The molecule has 2 bridgehead atoms. The van der Waals surface area contributed by atoms with E-state index in [0.29, 0.717) is 22.5 Å². The first kappa shape index (κ1) is 20.3. The molecule has 8 heteroatoms. The van der Waals surface area contributed by atoms with Crippen molar-refractivity contribution in [2.75, 3.05) is 11.9 Å². The molecule has 156 valence electrons. The van der Waals surface area contributed by atoms with E-state index in [1.807, 2.05) is 12.2 Å². The van der Waals surface area contributed by atoms with Crippen molar-refractivity contribution in [3.8, 4) is 11.1 Å². The van der Waals surface area contributed by atoms with Crippen LogP contribution in [-0.4, -0.2) is 29.6 Å². The number of nitrogens with one attached hydrogen (secondary N) is 1. The van der Waals surface area contributed by atoms with Gasteiger partial charge in [0.15, 0.2) is 0 Å². The molecule has 1 fully saturated rings. The molecule has 2 aliphatic rings. The van der Waals surface area contributed by atoms with Crippen molar-refractivity contribution >= 4 is 34.2 Å². The number of rotatable bonds is 6. The summed E-state index contributed by atoms with van der Waals surface area (Å²) in [5.74, 6) is -4.15. The van der Waals surface area contributed by atoms with Gasteiger partial charge in [0.2, 0.25) is 5.91 Å². The number of thiophene rings is 1. The van der Waals surface area contributed by atoms with Crippen LogP contribution in [0.25, 0.3) is 11.1 Å².